The number of halogens is 1. The second-order valence-corrected chi connectivity index (χ2v) is 6.37. The Hall–Kier alpha value is -1.42. The minimum absolute atomic E-state index is 0.0470. The molecule has 3 nitrogen and oxygen atoms in total. The van der Waals surface area contributed by atoms with Gasteiger partial charge in [0.05, 0.1) is 5.41 Å². The smallest absolute Gasteiger partial charge is 0.230 e. The molecule has 2 fully saturated rings. The van der Waals surface area contributed by atoms with Gasteiger partial charge in [0, 0.05) is 12.6 Å². The van der Waals surface area contributed by atoms with Gasteiger partial charge in [0.1, 0.15) is 5.82 Å². The van der Waals surface area contributed by atoms with E-state index >= 15 is 0 Å². The van der Waals surface area contributed by atoms with Gasteiger partial charge in [0.15, 0.2) is 0 Å². The molecule has 3 rings (SSSR count). The van der Waals surface area contributed by atoms with Crippen LogP contribution in [-0.4, -0.2) is 23.7 Å². The Kier molecular flexibility index (Phi) is 3.98. The van der Waals surface area contributed by atoms with Crippen molar-refractivity contribution in [3.05, 3.63) is 35.6 Å². The molecule has 1 amide bonds. The zero-order valence-corrected chi connectivity index (χ0v) is 12.1. The van der Waals surface area contributed by atoms with Gasteiger partial charge in [-0.05, 0) is 55.7 Å². The number of aliphatic hydroxyl groups is 1. The van der Waals surface area contributed by atoms with Crippen LogP contribution in [0.4, 0.5) is 4.39 Å². The molecule has 0 aromatic heterocycles. The van der Waals surface area contributed by atoms with Crippen molar-refractivity contribution in [1.82, 2.24) is 5.32 Å². The third-order valence-electron chi connectivity index (χ3n) is 4.99. The first-order chi connectivity index (χ1) is 10.2. The molecule has 2 aliphatic carbocycles. The molecule has 0 bridgehead atoms. The molecule has 2 aliphatic rings. The van der Waals surface area contributed by atoms with Crippen LogP contribution in [-0.2, 0) is 10.2 Å². The van der Waals surface area contributed by atoms with Crippen molar-refractivity contribution in [3.63, 3.8) is 0 Å². The fraction of sp³-hybridized carbons (Fsp3) is 0.588. The summed E-state index contributed by atoms with van der Waals surface area (Å²) >= 11 is 0. The van der Waals surface area contributed by atoms with E-state index in [0.717, 1.165) is 37.7 Å². The number of hydrogen-bond acceptors (Lipinski definition) is 2. The fourth-order valence-electron chi connectivity index (χ4n) is 3.32. The Balaban J connectivity index is 1.75. The van der Waals surface area contributed by atoms with Crippen molar-refractivity contribution in [2.24, 2.45) is 5.92 Å². The van der Waals surface area contributed by atoms with Crippen LogP contribution in [0.3, 0.4) is 0 Å². The van der Waals surface area contributed by atoms with Crippen LogP contribution in [0.2, 0.25) is 0 Å². The summed E-state index contributed by atoms with van der Waals surface area (Å²) in [5, 5.41) is 12.3. The summed E-state index contributed by atoms with van der Waals surface area (Å²) in [6.07, 6.45) is 5.56. The average molecular weight is 291 g/mol. The summed E-state index contributed by atoms with van der Waals surface area (Å²) in [6.45, 7) is 0.102. The van der Waals surface area contributed by atoms with Crippen molar-refractivity contribution in [3.8, 4) is 0 Å². The molecule has 1 unspecified atom stereocenters. The average Bonchev–Trinajstić information content (AvgIpc) is 3.23. The van der Waals surface area contributed by atoms with Gasteiger partial charge in [0.2, 0.25) is 5.91 Å². The van der Waals surface area contributed by atoms with Gasteiger partial charge in [-0.3, -0.25) is 4.79 Å². The number of aliphatic hydroxyl groups excluding tert-OH is 1. The molecule has 2 N–H and O–H groups in total. The Morgan fingerprint density at radius 2 is 2.00 bits per heavy atom. The van der Waals surface area contributed by atoms with Crippen LogP contribution in [0, 0.1) is 11.7 Å². The Morgan fingerprint density at radius 1 is 1.33 bits per heavy atom. The lowest BCUT2D eigenvalue weighted by Gasteiger charge is -2.41. The van der Waals surface area contributed by atoms with Crippen LogP contribution in [0.1, 0.15) is 44.1 Å². The topological polar surface area (TPSA) is 49.3 Å². The maximum atomic E-state index is 13.1. The molecule has 114 valence electrons. The van der Waals surface area contributed by atoms with E-state index < -0.39 is 5.41 Å². The second kappa shape index (κ2) is 5.76. The highest BCUT2D eigenvalue weighted by Crippen LogP contribution is 2.44. The first kappa shape index (κ1) is 14.5. The lowest BCUT2D eigenvalue weighted by atomic mass is 9.63. The lowest BCUT2D eigenvalue weighted by molar-refractivity contribution is -0.131. The Labute approximate surface area is 124 Å². The van der Waals surface area contributed by atoms with Crippen molar-refractivity contribution < 1.29 is 14.3 Å². The van der Waals surface area contributed by atoms with E-state index in [0.29, 0.717) is 12.3 Å². The quantitative estimate of drug-likeness (QED) is 0.846. The molecular formula is C17H22FNO2. The molecule has 1 aromatic rings. The lowest BCUT2D eigenvalue weighted by Crippen LogP contribution is -2.52. The van der Waals surface area contributed by atoms with Gasteiger partial charge >= 0.3 is 0 Å². The normalized spacial score (nSPS) is 21.4. The molecular weight excluding hydrogens is 269 g/mol. The van der Waals surface area contributed by atoms with Gasteiger partial charge in [-0.2, -0.15) is 0 Å². The van der Waals surface area contributed by atoms with Gasteiger partial charge < -0.3 is 10.4 Å². The molecule has 0 spiro atoms. The molecule has 0 saturated heterocycles. The summed E-state index contributed by atoms with van der Waals surface area (Å²) in [5.41, 5.74) is 0.419. The minimum atomic E-state index is -0.490. The predicted molar refractivity (Wildman–Crippen MR) is 78.3 cm³/mol. The van der Waals surface area contributed by atoms with E-state index in [1.807, 2.05) is 0 Å². The molecule has 2 saturated carbocycles. The van der Waals surface area contributed by atoms with Crippen molar-refractivity contribution in [1.29, 1.82) is 0 Å². The van der Waals surface area contributed by atoms with Gasteiger partial charge in [-0.1, -0.05) is 18.6 Å². The first-order valence-corrected chi connectivity index (χ1v) is 7.83. The summed E-state index contributed by atoms with van der Waals surface area (Å²) in [5.74, 6) is 0.293. The third kappa shape index (κ3) is 2.82. The molecule has 21 heavy (non-hydrogen) atoms. The summed E-state index contributed by atoms with van der Waals surface area (Å²) in [7, 11) is 0. The number of nitrogens with one attached hydrogen (secondary N) is 1. The standard InChI is InChI=1S/C17H22FNO2/c18-14-6-4-13(5-7-14)17(9-1-10-17)16(21)19-15(8-11-20)12-2-3-12/h4-7,12,15,20H,1-3,8-11H2,(H,19,21). The van der Waals surface area contributed by atoms with E-state index in [1.165, 1.54) is 12.1 Å². The molecule has 0 aliphatic heterocycles. The number of benzene rings is 1. The van der Waals surface area contributed by atoms with Crippen LogP contribution in [0.25, 0.3) is 0 Å². The maximum absolute atomic E-state index is 13.1. The minimum Gasteiger partial charge on any atom is -0.396 e. The Morgan fingerprint density at radius 3 is 2.48 bits per heavy atom. The fourth-order valence-corrected chi connectivity index (χ4v) is 3.32. The number of amides is 1. The summed E-state index contributed by atoms with van der Waals surface area (Å²) < 4.78 is 13.1. The van der Waals surface area contributed by atoms with E-state index in [-0.39, 0.29) is 24.4 Å². The zero-order valence-electron chi connectivity index (χ0n) is 12.1. The van der Waals surface area contributed by atoms with Crippen LogP contribution in [0.15, 0.2) is 24.3 Å². The SMILES string of the molecule is O=C(NC(CCO)C1CC1)C1(c2ccc(F)cc2)CCC1. The van der Waals surface area contributed by atoms with Crippen LogP contribution in [0.5, 0.6) is 0 Å². The molecule has 0 radical (unpaired) electrons. The monoisotopic (exact) mass is 291 g/mol. The van der Waals surface area contributed by atoms with Crippen molar-refractivity contribution in [2.75, 3.05) is 6.61 Å². The van der Waals surface area contributed by atoms with Crippen LogP contribution >= 0.6 is 0 Å². The second-order valence-electron chi connectivity index (χ2n) is 6.37. The number of hydrogen-bond donors (Lipinski definition) is 2. The zero-order chi connectivity index (χ0) is 14.9. The maximum Gasteiger partial charge on any atom is 0.230 e. The van der Waals surface area contributed by atoms with Gasteiger partial charge in [0.25, 0.3) is 0 Å². The van der Waals surface area contributed by atoms with Gasteiger partial charge in [-0.25, -0.2) is 4.39 Å². The third-order valence-corrected chi connectivity index (χ3v) is 4.99. The van der Waals surface area contributed by atoms with Crippen molar-refractivity contribution in [2.45, 2.75) is 50.0 Å². The van der Waals surface area contributed by atoms with Gasteiger partial charge in [-0.15, -0.1) is 0 Å². The first-order valence-electron chi connectivity index (χ1n) is 7.83. The molecule has 4 heteroatoms. The summed E-state index contributed by atoms with van der Waals surface area (Å²) in [6, 6.07) is 6.39. The predicted octanol–water partition coefficient (Wildman–Crippen LogP) is 2.52. The highest BCUT2D eigenvalue weighted by atomic mass is 19.1. The van der Waals surface area contributed by atoms with E-state index in [9.17, 15) is 9.18 Å². The van der Waals surface area contributed by atoms with E-state index in [4.69, 9.17) is 5.11 Å². The highest BCUT2D eigenvalue weighted by molar-refractivity contribution is 5.89. The molecule has 1 atom stereocenters. The van der Waals surface area contributed by atoms with E-state index in [2.05, 4.69) is 5.32 Å². The largest absolute Gasteiger partial charge is 0.396 e. The number of carbonyl (C=O) groups is 1. The van der Waals surface area contributed by atoms with E-state index in [1.54, 1.807) is 12.1 Å². The van der Waals surface area contributed by atoms with Crippen LogP contribution < -0.4 is 5.32 Å². The molecule has 1 aromatic carbocycles. The van der Waals surface area contributed by atoms with Crippen molar-refractivity contribution >= 4 is 5.91 Å². The number of carbonyl (C=O) groups excluding carboxylic acids is 1. The number of rotatable bonds is 6. The molecule has 0 heterocycles. The summed E-state index contributed by atoms with van der Waals surface area (Å²) in [4.78, 5) is 12.8. The Bertz CT molecular complexity index is 506. The highest BCUT2D eigenvalue weighted by Gasteiger charge is 2.47.